The maximum Gasteiger partial charge on any atom is 0.236 e. The number of piperidine rings is 1. The molecule has 57 heavy (non-hydrogen) atoms. The van der Waals surface area contributed by atoms with E-state index in [4.69, 9.17) is 4.98 Å². The number of nitrogens with zero attached hydrogens (tertiary/aromatic N) is 8. The van der Waals surface area contributed by atoms with Crippen molar-refractivity contribution >= 4 is 17.0 Å². The van der Waals surface area contributed by atoms with Crippen LogP contribution < -0.4 is 0 Å². The molecule has 294 valence electrons. The highest BCUT2D eigenvalue weighted by Crippen LogP contribution is 2.37. The van der Waals surface area contributed by atoms with Crippen LogP contribution in [0.2, 0.25) is 0 Å². The third-order valence-electron chi connectivity index (χ3n) is 12.7. The van der Waals surface area contributed by atoms with Crippen LogP contribution in [0.5, 0.6) is 0 Å². The van der Waals surface area contributed by atoms with Gasteiger partial charge in [0.25, 0.3) is 0 Å². The van der Waals surface area contributed by atoms with Crippen molar-refractivity contribution in [1.82, 2.24) is 34.2 Å². The lowest BCUT2D eigenvalue weighted by Crippen LogP contribution is -2.49. The number of likely N-dealkylation sites (N-methyl/N-ethyl adjacent to an activating group) is 1. The number of aromatic nitrogens is 3. The van der Waals surface area contributed by atoms with E-state index in [-0.39, 0.29) is 17.2 Å². The van der Waals surface area contributed by atoms with Crippen LogP contribution in [0.3, 0.4) is 0 Å². The summed E-state index contributed by atoms with van der Waals surface area (Å²) in [5, 5.41) is 14.6. The summed E-state index contributed by atoms with van der Waals surface area (Å²) in [5.74, 6) is 0.941. The van der Waals surface area contributed by atoms with Gasteiger partial charge in [0.2, 0.25) is 5.91 Å². The molecule has 0 saturated carbocycles. The Morgan fingerprint density at radius 3 is 2.40 bits per heavy atom. The number of aryl methyl sites for hydroxylation is 1. The van der Waals surface area contributed by atoms with E-state index in [1.807, 2.05) is 22.7 Å². The number of likely N-dealkylation sites (tertiary alicyclic amines) is 1. The first-order valence-electron chi connectivity index (χ1n) is 20.8. The molecule has 2 aromatic carbocycles. The van der Waals surface area contributed by atoms with Crippen LogP contribution in [0.4, 0.5) is 0 Å². The number of hydrogen-bond donors (Lipinski definition) is 0. The Labute approximate surface area is 338 Å². The Bertz CT molecular complexity index is 2240. The van der Waals surface area contributed by atoms with Crippen molar-refractivity contribution in [3.63, 3.8) is 0 Å². The lowest BCUT2D eigenvalue weighted by molar-refractivity contribution is -0.131. The van der Waals surface area contributed by atoms with Gasteiger partial charge < -0.3 is 9.80 Å². The molecule has 9 heteroatoms. The molecule has 2 unspecified atom stereocenters. The number of rotatable bonds is 10. The highest BCUT2D eigenvalue weighted by atomic mass is 16.2. The molecule has 2 saturated heterocycles. The molecule has 4 aliphatic rings. The predicted molar refractivity (Wildman–Crippen MR) is 228 cm³/mol. The summed E-state index contributed by atoms with van der Waals surface area (Å²) < 4.78 is 1.81. The number of piperazine rings is 1. The predicted octanol–water partition coefficient (Wildman–Crippen LogP) is 7.86. The average molecular weight is 761 g/mol. The maximum absolute atomic E-state index is 13.3. The van der Waals surface area contributed by atoms with E-state index >= 15 is 0 Å². The van der Waals surface area contributed by atoms with Crippen LogP contribution in [0.15, 0.2) is 103 Å². The molecule has 0 bridgehead atoms. The molecule has 4 heterocycles. The molecule has 4 aromatic rings. The van der Waals surface area contributed by atoms with Crippen molar-refractivity contribution in [1.29, 1.82) is 5.26 Å². The van der Waals surface area contributed by atoms with Gasteiger partial charge in [-0.25, -0.2) is 9.50 Å². The number of allylic oxidation sites excluding steroid dienone is 7. The van der Waals surface area contributed by atoms with E-state index in [9.17, 15) is 10.1 Å². The van der Waals surface area contributed by atoms with Gasteiger partial charge in [0.1, 0.15) is 11.6 Å². The van der Waals surface area contributed by atoms with Crippen molar-refractivity contribution in [2.75, 3.05) is 59.4 Å². The Morgan fingerprint density at radius 2 is 1.72 bits per heavy atom. The second kappa shape index (κ2) is 16.7. The van der Waals surface area contributed by atoms with Gasteiger partial charge in [-0.2, -0.15) is 10.4 Å². The highest BCUT2D eigenvalue weighted by Gasteiger charge is 2.30. The first-order valence-corrected chi connectivity index (χ1v) is 20.8. The van der Waals surface area contributed by atoms with Crippen molar-refractivity contribution < 1.29 is 4.79 Å². The molecule has 0 N–H and O–H groups in total. The van der Waals surface area contributed by atoms with Crippen molar-refractivity contribution in [3.8, 4) is 17.3 Å². The molecule has 2 aromatic heterocycles. The van der Waals surface area contributed by atoms with Gasteiger partial charge in [-0.05, 0) is 80.3 Å². The molecule has 0 spiro atoms. The molecular formula is C48H56N8O. The molecule has 8 rings (SSSR count). The van der Waals surface area contributed by atoms with E-state index in [2.05, 4.69) is 132 Å². The molecule has 1 amide bonds. The quantitative estimate of drug-likeness (QED) is 0.163. The van der Waals surface area contributed by atoms with Gasteiger partial charge in [-0.3, -0.25) is 14.6 Å². The van der Waals surface area contributed by atoms with Crippen LogP contribution in [0.25, 0.3) is 22.3 Å². The minimum atomic E-state index is 0.144. The zero-order valence-electron chi connectivity index (χ0n) is 34.1. The van der Waals surface area contributed by atoms with Crippen LogP contribution in [0.1, 0.15) is 73.4 Å². The van der Waals surface area contributed by atoms with Gasteiger partial charge >= 0.3 is 0 Å². The minimum Gasteiger partial charge on any atom is -0.372 e. The molecule has 9 nitrogen and oxygen atoms in total. The summed E-state index contributed by atoms with van der Waals surface area (Å²) in [4.78, 5) is 27.8. The van der Waals surface area contributed by atoms with Gasteiger partial charge in [0, 0.05) is 63.0 Å². The van der Waals surface area contributed by atoms with Crippen molar-refractivity contribution in [2.24, 2.45) is 11.3 Å². The highest BCUT2D eigenvalue weighted by molar-refractivity contribution is 5.83. The second-order valence-corrected chi connectivity index (χ2v) is 17.1. The molecule has 0 radical (unpaired) electrons. The molecule has 2 fully saturated rings. The monoisotopic (exact) mass is 760 g/mol. The van der Waals surface area contributed by atoms with Crippen LogP contribution in [0, 0.1) is 29.6 Å². The standard InChI is InChI=1S/C48H56N8O/c1-35-8-12-38(13-9-35)39-18-22-53(23-19-39)33-45(57)52(4)31-37-10-14-40(15-11-37)44-32-56-47(41(29-49)30-50-56)46(51-44)43-17-16-42(28-36(43)2)55-26-24-54(25-27-55)34-48(3)20-6-5-7-21-48/h5-17,20,30,32,36,39H,18-19,21-28,31,33-34H2,1-4H3. The van der Waals surface area contributed by atoms with Gasteiger partial charge in [0.05, 0.1) is 35.9 Å². The molecular weight excluding hydrogens is 705 g/mol. The van der Waals surface area contributed by atoms with Gasteiger partial charge in [-0.15, -0.1) is 0 Å². The van der Waals surface area contributed by atoms with E-state index in [0.29, 0.717) is 24.6 Å². The summed E-state index contributed by atoms with van der Waals surface area (Å²) in [6.07, 6.45) is 21.3. The Morgan fingerprint density at radius 1 is 0.965 bits per heavy atom. The van der Waals surface area contributed by atoms with E-state index in [1.165, 1.54) is 16.8 Å². The zero-order valence-corrected chi connectivity index (χ0v) is 34.1. The largest absolute Gasteiger partial charge is 0.372 e. The van der Waals surface area contributed by atoms with E-state index in [1.54, 1.807) is 6.20 Å². The summed E-state index contributed by atoms with van der Waals surface area (Å²) in [6.45, 7) is 15.0. The first kappa shape index (κ1) is 38.6. The topological polar surface area (TPSA) is 84.0 Å². The lowest BCUT2D eigenvalue weighted by Gasteiger charge is -2.42. The number of carbonyl (C=O) groups is 1. The number of nitriles is 1. The van der Waals surface area contributed by atoms with Crippen molar-refractivity contribution in [3.05, 3.63) is 131 Å². The Balaban J connectivity index is 0.918. The van der Waals surface area contributed by atoms with Crippen LogP contribution in [-0.4, -0.2) is 99.5 Å². The summed E-state index contributed by atoms with van der Waals surface area (Å²) in [6, 6.07) is 19.6. The fraction of sp³-hybridized carbons (Fsp3) is 0.417. The van der Waals surface area contributed by atoms with Gasteiger partial charge in [0.15, 0.2) is 0 Å². The van der Waals surface area contributed by atoms with Crippen molar-refractivity contribution in [2.45, 2.75) is 58.9 Å². The van der Waals surface area contributed by atoms with Crippen LogP contribution in [-0.2, 0) is 11.3 Å². The molecule has 2 aliphatic heterocycles. The fourth-order valence-electron chi connectivity index (χ4n) is 9.14. The zero-order chi connectivity index (χ0) is 39.5. The number of hydrogen-bond acceptors (Lipinski definition) is 7. The Kier molecular flexibility index (Phi) is 11.3. The number of benzene rings is 2. The number of amides is 1. The van der Waals surface area contributed by atoms with E-state index in [0.717, 1.165) is 105 Å². The third-order valence-corrected chi connectivity index (χ3v) is 12.7. The lowest BCUT2D eigenvalue weighted by atomic mass is 9.83. The molecule has 2 aliphatic carbocycles. The smallest absolute Gasteiger partial charge is 0.236 e. The third kappa shape index (κ3) is 8.68. The van der Waals surface area contributed by atoms with E-state index < -0.39 is 0 Å². The fourth-order valence-corrected chi connectivity index (χ4v) is 9.14. The average Bonchev–Trinajstić information content (AvgIpc) is 3.65. The molecule has 2 atom stereocenters. The maximum atomic E-state index is 13.3. The van der Waals surface area contributed by atoms with Crippen LogP contribution >= 0.6 is 0 Å². The van der Waals surface area contributed by atoms with Gasteiger partial charge in [-0.1, -0.05) is 98.3 Å². The summed E-state index contributed by atoms with van der Waals surface area (Å²) in [7, 11) is 1.90. The number of carbonyl (C=O) groups excluding carboxylic acids is 1. The Hall–Kier alpha value is -5.30. The first-order chi connectivity index (χ1) is 27.6. The second-order valence-electron chi connectivity index (χ2n) is 17.1. The minimum absolute atomic E-state index is 0.144. The number of fused-ring (bicyclic) bond motifs is 1. The summed E-state index contributed by atoms with van der Waals surface area (Å²) in [5.41, 5.74) is 10.4. The SMILES string of the molecule is Cc1ccc(C2CCN(CC(=O)N(C)Cc3ccc(-c4cn5ncc(C#N)c5c(C5=CC=C(N6CCN(CC7(C)C=CC=CC7)CC6)CC5C)n4)cc3)CC2)cc1. The summed E-state index contributed by atoms with van der Waals surface area (Å²) >= 11 is 0. The normalized spacial score (nSPS) is 22.0.